The molecule has 0 aliphatic rings. The Hall–Kier alpha value is -1.69. The number of hydrogen-bond donors (Lipinski definition) is 2. The predicted octanol–water partition coefficient (Wildman–Crippen LogP) is 2.24. The number of hydrogen-bond acceptors (Lipinski definition) is 2. The van der Waals surface area contributed by atoms with Gasteiger partial charge in [0.1, 0.15) is 5.82 Å². The second-order valence-corrected chi connectivity index (χ2v) is 4.24. The van der Waals surface area contributed by atoms with Gasteiger partial charge in [-0.15, -0.1) is 0 Å². The zero-order chi connectivity index (χ0) is 12.3. The molecule has 0 bridgehead atoms. The SMILES string of the molecule is O=C(NCc1cn[nH]c1)c1cccc(Br)c1F. The Bertz CT molecular complexity index is 528. The number of rotatable bonds is 3. The number of benzene rings is 1. The molecule has 0 radical (unpaired) electrons. The molecule has 0 aliphatic heterocycles. The van der Waals surface area contributed by atoms with Crippen LogP contribution in [0.25, 0.3) is 0 Å². The lowest BCUT2D eigenvalue weighted by molar-refractivity contribution is 0.0946. The average Bonchev–Trinajstić information content (AvgIpc) is 2.82. The van der Waals surface area contributed by atoms with E-state index < -0.39 is 11.7 Å². The molecule has 0 aliphatic carbocycles. The molecule has 2 rings (SSSR count). The first-order valence-corrected chi connectivity index (χ1v) is 5.67. The Morgan fingerprint density at radius 2 is 2.35 bits per heavy atom. The fourth-order valence-corrected chi connectivity index (χ4v) is 1.70. The third-order valence-corrected chi connectivity index (χ3v) is 2.82. The molecule has 1 aromatic carbocycles. The lowest BCUT2D eigenvalue weighted by Gasteiger charge is -2.05. The van der Waals surface area contributed by atoms with Gasteiger partial charge < -0.3 is 5.32 Å². The van der Waals surface area contributed by atoms with Crippen LogP contribution in [0.1, 0.15) is 15.9 Å². The van der Waals surface area contributed by atoms with Gasteiger partial charge in [0.05, 0.1) is 16.2 Å². The molecule has 0 fully saturated rings. The molecule has 88 valence electrons. The van der Waals surface area contributed by atoms with Crippen molar-refractivity contribution in [3.05, 3.63) is 52.0 Å². The molecule has 1 aromatic heterocycles. The highest BCUT2D eigenvalue weighted by Gasteiger charge is 2.13. The van der Waals surface area contributed by atoms with Crippen LogP contribution in [0.5, 0.6) is 0 Å². The first kappa shape index (κ1) is 11.8. The summed E-state index contributed by atoms with van der Waals surface area (Å²) in [6, 6.07) is 4.59. The standard InChI is InChI=1S/C11H9BrFN3O/c12-9-3-1-2-8(10(9)13)11(17)14-4-7-5-15-16-6-7/h1-3,5-6H,4H2,(H,14,17)(H,15,16). The lowest BCUT2D eigenvalue weighted by atomic mass is 10.2. The van der Waals surface area contributed by atoms with E-state index in [1.165, 1.54) is 6.07 Å². The molecule has 2 N–H and O–H groups in total. The molecule has 0 unspecified atom stereocenters. The normalized spacial score (nSPS) is 10.2. The average molecular weight is 298 g/mol. The maximum Gasteiger partial charge on any atom is 0.254 e. The van der Waals surface area contributed by atoms with Crippen LogP contribution < -0.4 is 5.32 Å². The van der Waals surface area contributed by atoms with E-state index in [9.17, 15) is 9.18 Å². The Morgan fingerprint density at radius 1 is 1.53 bits per heavy atom. The Labute approximate surface area is 105 Å². The van der Waals surface area contributed by atoms with Crippen LogP contribution in [0.4, 0.5) is 4.39 Å². The summed E-state index contributed by atoms with van der Waals surface area (Å²) in [5, 5.41) is 8.99. The highest BCUT2D eigenvalue weighted by molar-refractivity contribution is 9.10. The van der Waals surface area contributed by atoms with E-state index in [0.717, 1.165) is 5.56 Å². The number of H-pyrrole nitrogens is 1. The van der Waals surface area contributed by atoms with Crippen molar-refractivity contribution in [1.29, 1.82) is 0 Å². The van der Waals surface area contributed by atoms with Crippen molar-refractivity contribution >= 4 is 21.8 Å². The van der Waals surface area contributed by atoms with E-state index in [4.69, 9.17) is 0 Å². The highest BCUT2D eigenvalue weighted by atomic mass is 79.9. The summed E-state index contributed by atoms with van der Waals surface area (Å²) in [5.41, 5.74) is 0.844. The van der Waals surface area contributed by atoms with Gasteiger partial charge in [-0.2, -0.15) is 5.10 Å². The van der Waals surface area contributed by atoms with Crippen molar-refractivity contribution in [2.24, 2.45) is 0 Å². The molecule has 0 spiro atoms. The monoisotopic (exact) mass is 297 g/mol. The summed E-state index contributed by atoms with van der Waals surface area (Å²) in [6.07, 6.45) is 3.26. The summed E-state index contributed by atoms with van der Waals surface area (Å²) in [7, 11) is 0. The summed E-state index contributed by atoms with van der Waals surface area (Å²) in [4.78, 5) is 11.7. The third kappa shape index (κ3) is 2.71. The quantitative estimate of drug-likeness (QED) is 0.913. The molecule has 2 aromatic rings. The number of amides is 1. The van der Waals surface area contributed by atoms with Crippen LogP contribution in [0, 0.1) is 5.82 Å². The fourth-order valence-electron chi connectivity index (χ4n) is 1.33. The maximum atomic E-state index is 13.6. The number of nitrogens with zero attached hydrogens (tertiary/aromatic N) is 1. The van der Waals surface area contributed by atoms with Gasteiger partial charge in [0.15, 0.2) is 0 Å². The largest absolute Gasteiger partial charge is 0.348 e. The molecule has 17 heavy (non-hydrogen) atoms. The zero-order valence-electron chi connectivity index (χ0n) is 8.71. The van der Waals surface area contributed by atoms with Crippen LogP contribution in [-0.2, 0) is 6.54 Å². The molecular formula is C11H9BrFN3O. The van der Waals surface area contributed by atoms with Gasteiger partial charge in [0.25, 0.3) is 5.91 Å². The van der Waals surface area contributed by atoms with Gasteiger partial charge in [-0.05, 0) is 28.1 Å². The van der Waals surface area contributed by atoms with E-state index in [2.05, 4.69) is 31.4 Å². The maximum absolute atomic E-state index is 13.6. The van der Waals surface area contributed by atoms with E-state index in [0.29, 0.717) is 6.54 Å². The predicted molar refractivity (Wildman–Crippen MR) is 63.9 cm³/mol. The molecular weight excluding hydrogens is 289 g/mol. The molecule has 0 saturated heterocycles. The second-order valence-electron chi connectivity index (χ2n) is 3.39. The Morgan fingerprint density at radius 3 is 3.06 bits per heavy atom. The Kier molecular flexibility index (Phi) is 3.53. The van der Waals surface area contributed by atoms with Gasteiger partial charge in [-0.1, -0.05) is 6.07 Å². The minimum atomic E-state index is -0.558. The van der Waals surface area contributed by atoms with Gasteiger partial charge in [-0.3, -0.25) is 9.89 Å². The third-order valence-electron chi connectivity index (χ3n) is 2.20. The second kappa shape index (κ2) is 5.09. The summed E-state index contributed by atoms with van der Waals surface area (Å²) < 4.78 is 13.9. The Balaban J connectivity index is 2.07. The molecule has 6 heteroatoms. The van der Waals surface area contributed by atoms with Crippen molar-refractivity contribution in [2.45, 2.75) is 6.54 Å². The minimum Gasteiger partial charge on any atom is -0.348 e. The van der Waals surface area contributed by atoms with Crippen LogP contribution in [0.2, 0.25) is 0 Å². The van der Waals surface area contributed by atoms with Crippen molar-refractivity contribution in [2.75, 3.05) is 0 Å². The zero-order valence-corrected chi connectivity index (χ0v) is 10.3. The van der Waals surface area contributed by atoms with Crippen LogP contribution in [0.15, 0.2) is 35.1 Å². The van der Waals surface area contributed by atoms with Gasteiger partial charge in [0, 0.05) is 18.3 Å². The summed E-state index contributed by atoms with van der Waals surface area (Å²) in [5.74, 6) is -1.01. The molecule has 0 atom stereocenters. The van der Waals surface area contributed by atoms with Gasteiger partial charge >= 0.3 is 0 Å². The number of carbonyl (C=O) groups is 1. The van der Waals surface area contributed by atoms with E-state index in [-0.39, 0.29) is 10.0 Å². The molecule has 0 saturated carbocycles. The van der Waals surface area contributed by atoms with Crippen LogP contribution >= 0.6 is 15.9 Å². The topological polar surface area (TPSA) is 57.8 Å². The van der Waals surface area contributed by atoms with Crippen molar-refractivity contribution in [3.63, 3.8) is 0 Å². The number of halogens is 2. The van der Waals surface area contributed by atoms with E-state index >= 15 is 0 Å². The summed E-state index contributed by atoms with van der Waals surface area (Å²) >= 11 is 3.03. The van der Waals surface area contributed by atoms with Gasteiger partial charge in [0.2, 0.25) is 0 Å². The van der Waals surface area contributed by atoms with E-state index in [1.807, 2.05) is 0 Å². The van der Waals surface area contributed by atoms with Crippen molar-refractivity contribution in [3.8, 4) is 0 Å². The number of nitrogens with one attached hydrogen (secondary N) is 2. The molecule has 1 amide bonds. The van der Waals surface area contributed by atoms with Gasteiger partial charge in [-0.25, -0.2) is 4.39 Å². The number of carbonyl (C=O) groups excluding carboxylic acids is 1. The smallest absolute Gasteiger partial charge is 0.254 e. The number of aromatic nitrogens is 2. The first-order chi connectivity index (χ1) is 8.18. The van der Waals surface area contributed by atoms with E-state index in [1.54, 1.807) is 24.5 Å². The summed E-state index contributed by atoms with van der Waals surface area (Å²) in [6.45, 7) is 0.307. The molecule has 1 heterocycles. The van der Waals surface area contributed by atoms with Crippen molar-refractivity contribution in [1.82, 2.24) is 15.5 Å². The molecule has 4 nitrogen and oxygen atoms in total. The van der Waals surface area contributed by atoms with Crippen LogP contribution in [-0.4, -0.2) is 16.1 Å². The van der Waals surface area contributed by atoms with Crippen LogP contribution in [0.3, 0.4) is 0 Å². The lowest BCUT2D eigenvalue weighted by Crippen LogP contribution is -2.23. The first-order valence-electron chi connectivity index (χ1n) is 4.88. The highest BCUT2D eigenvalue weighted by Crippen LogP contribution is 2.18. The fraction of sp³-hybridized carbons (Fsp3) is 0.0909. The van der Waals surface area contributed by atoms with Crippen molar-refractivity contribution < 1.29 is 9.18 Å². The minimum absolute atomic E-state index is 0.0165. The number of aromatic amines is 1.